The molecule has 0 fully saturated rings. The molecule has 1 rings (SSSR count). The molecule has 0 radical (unpaired) electrons. The molecule has 0 atom stereocenters. The molecule has 17 heavy (non-hydrogen) atoms. The van der Waals surface area contributed by atoms with E-state index in [4.69, 9.17) is 11.6 Å². The highest BCUT2D eigenvalue weighted by Gasteiger charge is 2.22. The number of hydrogen-bond donors (Lipinski definition) is 2. The van der Waals surface area contributed by atoms with Crippen LogP contribution >= 0.6 is 11.6 Å². The van der Waals surface area contributed by atoms with Crippen molar-refractivity contribution in [3.8, 4) is 0 Å². The Morgan fingerprint density at radius 3 is 2.53 bits per heavy atom. The molecule has 2 N–H and O–H groups in total. The van der Waals surface area contributed by atoms with E-state index in [1.165, 1.54) is 19.9 Å². The third-order valence-electron chi connectivity index (χ3n) is 1.88. The summed E-state index contributed by atoms with van der Waals surface area (Å²) in [5, 5.41) is 9.51. The van der Waals surface area contributed by atoms with E-state index in [9.17, 15) is 17.9 Å². The summed E-state index contributed by atoms with van der Waals surface area (Å²) >= 11 is 5.52. The molecular formula is C10H13ClFNO3S. The lowest BCUT2D eigenvalue weighted by Gasteiger charge is -2.17. The van der Waals surface area contributed by atoms with Gasteiger partial charge in [0.15, 0.2) is 0 Å². The van der Waals surface area contributed by atoms with Crippen LogP contribution in [0, 0.1) is 5.82 Å². The van der Waals surface area contributed by atoms with Crippen LogP contribution in [0.2, 0.25) is 5.02 Å². The molecule has 0 aliphatic rings. The summed E-state index contributed by atoms with van der Waals surface area (Å²) in [5.74, 6) is -0.930. The smallest absolute Gasteiger partial charge is 0.243 e. The van der Waals surface area contributed by atoms with Crippen molar-refractivity contribution in [1.29, 1.82) is 0 Å². The lowest BCUT2D eigenvalue weighted by atomic mass is 10.1. The summed E-state index contributed by atoms with van der Waals surface area (Å²) < 4.78 is 38.9. The van der Waals surface area contributed by atoms with Gasteiger partial charge in [0.2, 0.25) is 10.0 Å². The van der Waals surface area contributed by atoms with Crippen molar-refractivity contribution in [1.82, 2.24) is 4.72 Å². The molecule has 0 amide bonds. The van der Waals surface area contributed by atoms with Crippen LogP contribution in [-0.4, -0.2) is 25.7 Å². The van der Waals surface area contributed by atoms with Gasteiger partial charge < -0.3 is 5.11 Å². The third kappa shape index (κ3) is 4.23. The molecule has 96 valence electrons. The topological polar surface area (TPSA) is 66.4 Å². The van der Waals surface area contributed by atoms with Gasteiger partial charge in [-0.15, -0.1) is 0 Å². The molecule has 4 nitrogen and oxygen atoms in total. The van der Waals surface area contributed by atoms with E-state index in [1.807, 2.05) is 0 Å². The van der Waals surface area contributed by atoms with Crippen molar-refractivity contribution in [3.63, 3.8) is 0 Å². The molecule has 1 aromatic rings. The standard InChI is InChI=1S/C10H13ClFNO3S/c1-10(2,14)6-13-17(15,16)9-4-3-7(11)5-8(9)12/h3-5,13-14H,6H2,1-2H3. The van der Waals surface area contributed by atoms with Crippen molar-refractivity contribution in [2.45, 2.75) is 24.3 Å². The second kappa shape index (κ2) is 4.89. The maximum absolute atomic E-state index is 13.4. The zero-order valence-electron chi connectivity index (χ0n) is 9.37. The molecule has 0 aliphatic heterocycles. The van der Waals surface area contributed by atoms with Gasteiger partial charge in [-0.25, -0.2) is 17.5 Å². The predicted octanol–water partition coefficient (Wildman–Crippen LogP) is 1.53. The fraction of sp³-hybridized carbons (Fsp3) is 0.400. The predicted molar refractivity (Wildman–Crippen MR) is 62.9 cm³/mol. The highest BCUT2D eigenvalue weighted by Crippen LogP contribution is 2.19. The fourth-order valence-corrected chi connectivity index (χ4v) is 2.46. The molecular weight excluding hydrogens is 269 g/mol. The zero-order chi connectivity index (χ0) is 13.3. The van der Waals surface area contributed by atoms with E-state index in [0.29, 0.717) is 0 Å². The van der Waals surface area contributed by atoms with Crippen LogP contribution in [-0.2, 0) is 10.0 Å². The third-order valence-corrected chi connectivity index (χ3v) is 3.55. The van der Waals surface area contributed by atoms with Gasteiger partial charge in [-0.05, 0) is 32.0 Å². The first kappa shape index (κ1) is 14.4. The van der Waals surface area contributed by atoms with Gasteiger partial charge in [0.05, 0.1) is 5.60 Å². The number of sulfonamides is 1. The molecule has 0 saturated heterocycles. The van der Waals surface area contributed by atoms with Crippen LogP contribution in [0.25, 0.3) is 0 Å². The van der Waals surface area contributed by atoms with Crippen LogP contribution in [0.4, 0.5) is 4.39 Å². The SMILES string of the molecule is CC(C)(O)CNS(=O)(=O)c1ccc(Cl)cc1F. The van der Waals surface area contributed by atoms with Crippen molar-refractivity contribution in [2.24, 2.45) is 0 Å². The van der Waals surface area contributed by atoms with E-state index in [1.54, 1.807) is 0 Å². The van der Waals surface area contributed by atoms with Crippen molar-refractivity contribution >= 4 is 21.6 Å². The van der Waals surface area contributed by atoms with Gasteiger partial charge in [0, 0.05) is 11.6 Å². The largest absolute Gasteiger partial charge is 0.389 e. The average Bonchev–Trinajstić information content (AvgIpc) is 2.13. The number of rotatable bonds is 4. The maximum Gasteiger partial charge on any atom is 0.243 e. The Kier molecular flexibility index (Phi) is 4.14. The Hall–Kier alpha value is -0.690. The summed E-state index contributed by atoms with van der Waals surface area (Å²) in [6.07, 6.45) is 0. The van der Waals surface area contributed by atoms with E-state index in [-0.39, 0.29) is 11.6 Å². The number of halogens is 2. The molecule has 7 heteroatoms. The van der Waals surface area contributed by atoms with Crippen LogP contribution in [0.15, 0.2) is 23.1 Å². The van der Waals surface area contributed by atoms with Gasteiger partial charge in [-0.1, -0.05) is 11.6 Å². The fourth-order valence-electron chi connectivity index (χ4n) is 1.04. The normalized spacial score (nSPS) is 12.8. The number of benzene rings is 1. The quantitative estimate of drug-likeness (QED) is 0.879. The first-order valence-corrected chi connectivity index (χ1v) is 6.65. The van der Waals surface area contributed by atoms with Gasteiger partial charge in [-0.2, -0.15) is 0 Å². The second-order valence-corrected chi connectivity index (χ2v) is 6.38. The number of nitrogens with one attached hydrogen (secondary N) is 1. The van der Waals surface area contributed by atoms with Gasteiger partial charge in [-0.3, -0.25) is 0 Å². The summed E-state index contributed by atoms with van der Waals surface area (Å²) in [4.78, 5) is -0.494. The monoisotopic (exact) mass is 281 g/mol. The van der Waals surface area contributed by atoms with Gasteiger partial charge >= 0.3 is 0 Å². The first-order chi connectivity index (χ1) is 7.62. The molecule has 0 spiro atoms. The van der Waals surface area contributed by atoms with Crippen molar-refractivity contribution < 1.29 is 17.9 Å². The Morgan fingerprint density at radius 1 is 1.47 bits per heavy atom. The summed E-state index contributed by atoms with van der Waals surface area (Å²) in [6.45, 7) is 2.67. The van der Waals surface area contributed by atoms with Crippen molar-refractivity contribution in [2.75, 3.05) is 6.54 Å². The second-order valence-electron chi connectivity index (χ2n) is 4.21. The lowest BCUT2D eigenvalue weighted by molar-refractivity contribution is 0.0857. The average molecular weight is 282 g/mol. The van der Waals surface area contributed by atoms with E-state index < -0.39 is 26.3 Å². The maximum atomic E-state index is 13.4. The van der Waals surface area contributed by atoms with E-state index in [2.05, 4.69) is 4.72 Å². The minimum absolute atomic E-state index is 0.115. The minimum Gasteiger partial charge on any atom is -0.389 e. The van der Waals surface area contributed by atoms with Gasteiger partial charge in [0.1, 0.15) is 10.7 Å². The summed E-state index contributed by atoms with van der Waals surface area (Å²) in [7, 11) is -3.98. The first-order valence-electron chi connectivity index (χ1n) is 4.79. The molecule has 0 saturated carbocycles. The Labute approximate surface area is 104 Å². The highest BCUT2D eigenvalue weighted by molar-refractivity contribution is 7.89. The number of aliphatic hydroxyl groups is 1. The summed E-state index contributed by atoms with van der Waals surface area (Å²) in [6, 6.07) is 3.27. The van der Waals surface area contributed by atoms with Crippen LogP contribution in [0.5, 0.6) is 0 Å². The molecule has 0 heterocycles. The molecule has 1 aromatic carbocycles. The minimum atomic E-state index is -3.98. The van der Waals surface area contributed by atoms with E-state index in [0.717, 1.165) is 12.1 Å². The van der Waals surface area contributed by atoms with Gasteiger partial charge in [0.25, 0.3) is 0 Å². The Morgan fingerprint density at radius 2 is 2.06 bits per heavy atom. The lowest BCUT2D eigenvalue weighted by Crippen LogP contribution is -2.38. The molecule has 0 bridgehead atoms. The van der Waals surface area contributed by atoms with Crippen LogP contribution in [0.3, 0.4) is 0 Å². The highest BCUT2D eigenvalue weighted by atomic mass is 35.5. The Balaban J connectivity index is 2.98. The number of hydrogen-bond acceptors (Lipinski definition) is 3. The Bertz CT molecular complexity index is 511. The summed E-state index contributed by atoms with van der Waals surface area (Å²) in [5.41, 5.74) is -1.21. The van der Waals surface area contributed by atoms with E-state index >= 15 is 0 Å². The molecule has 0 unspecified atom stereocenters. The zero-order valence-corrected chi connectivity index (χ0v) is 10.9. The molecule has 0 aliphatic carbocycles. The van der Waals surface area contributed by atoms with Crippen LogP contribution in [0.1, 0.15) is 13.8 Å². The molecule has 0 aromatic heterocycles. The van der Waals surface area contributed by atoms with Crippen LogP contribution < -0.4 is 4.72 Å². The van der Waals surface area contributed by atoms with Crippen molar-refractivity contribution in [3.05, 3.63) is 29.0 Å².